The molecule has 2 unspecified atom stereocenters. The van der Waals surface area contributed by atoms with Crippen molar-refractivity contribution in [1.29, 1.82) is 0 Å². The van der Waals surface area contributed by atoms with Gasteiger partial charge in [0.15, 0.2) is 4.77 Å². The lowest BCUT2D eigenvalue weighted by atomic mass is 9.98. The molecule has 0 radical (unpaired) electrons. The zero-order valence-corrected chi connectivity index (χ0v) is 13.0. The fourth-order valence-corrected chi connectivity index (χ4v) is 4.35. The van der Waals surface area contributed by atoms with Crippen LogP contribution in [0.4, 0.5) is 0 Å². The first-order valence-corrected chi connectivity index (χ1v) is 8.35. The van der Waals surface area contributed by atoms with Crippen molar-refractivity contribution >= 4 is 12.2 Å². The molecule has 0 saturated carbocycles. The van der Waals surface area contributed by atoms with E-state index in [-0.39, 0.29) is 0 Å². The lowest BCUT2D eigenvalue weighted by molar-refractivity contribution is 0.173. The molecule has 2 aliphatic heterocycles. The lowest BCUT2D eigenvalue weighted by Gasteiger charge is -2.33. The van der Waals surface area contributed by atoms with Gasteiger partial charge in [-0.05, 0) is 43.6 Å². The summed E-state index contributed by atoms with van der Waals surface area (Å²) in [6.45, 7) is 2.48. The molecule has 110 valence electrons. The first-order valence-electron chi connectivity index (χ1n) is 7.94. The normalized spacial score (nSPS) is 25.9. The zero-order chi connectivity index (χ0) is 14.2. The van der Waals surface area contributed by atoms with Crippen LogP contribution in [0.25, 0.3) is 11.3 Å². The lowest BCUT2D eigenvalue weighted by Crippen LogP contribution is -2.37. The maximum Gasteiger partial charge on any atom is 0.177 e. The number of benzene rings is 1. The van der Waals surface area contributed by atoms with Crippen molar-refractivity contribution in [3.63, 3.8) is 0 Å². The number of aromatic amines is 1. The number of nitrogens with zero attached hydrogens (tertiary/aromatic N) is 2. The van der Waals surface area contributed by atoms with Crippen molar-refractivity contribution in [3.8, 4) is 11.3 Å². The SMILES string of the molecule is S=c1[nH]cc(-c2ccccc2)n1C1CCN2CCCCC12. The number of H-pyrrole nitrogens is 1. The highest BCUT2D eigenvalue weighted by Gasteiger charge is 2.37. The minimum absolute atomic E-state index is 0.527. The summed E-state index contributed by atoms with van der Waals surface area (Å²) in [5.41, 5.74) is 2.48. The summed E-state index contributed by atoms with van der Waals surface area (Å²) in [6, 6.07) is 11.8. The highest BCUT2D eigenvalue weighted by molar-refractivity contribution is 7.71. The van der Waals surface area contributed by atoms with Gasteiger partial charge in [-0.15, -0.1) is 0 Å². The topological polar surface area (TPSA) is 24.0 Å². The van der Waals surface area contributed by atoms with E-state index in [9.17, 15) is 0 Å². The van der Waals surface area contributed by atoms with Gasteiger partial charge in [-0.3, -0.25) is 4.90 Å². The van der Waals surface area contributed by atoms with Crippen LogP contribution in [0.2, 0.25) is 0 Å². The number of hydrogen-bond donors (Lipinski definition) is 1. The second kappa shape index (κ2) is 5.43. The largest absolute Gasteiger partial charge is 0.337 e. The molecule has 21 heavy (non-hydrogen) atoms. The van der Waals surface area contributed by atoms with Crippen LogP contribution in [-0.2, 0) is 0 Å². The Balaban J connectivity index is 1.76. The second-order valence-corrected chi connectivity index (χ2v) is 6.56. The predicted octanol–water partition coefficient (Wildman–Crippen LogP) is 4.01. The fourth-order valence-electron chi connectivity index (χ4n) is 4.06. The van der Waals surface area contributed by atoms with Crippen molar-refractivity contribution in [1.82, 2.24) is 14.5 Å². The summed E-state index contributed by atoms with van der Waals surface area (Å²) in [4.78, 5) is 5.93. The van der Waals surface area contributed by atoms with Crippen LogP contribution >= 0.6 is 12.2 Å². The number of nitrogens with one attached hydrogen (secondary N) is 1. The molecule has 0 aliphatic carbocycles. The number of fused-ring (bicyclic) bond motifs is 1. The van der Waals surface area contributed by atoms with Crippen molar-refractivity contribution in [2.24, 2.45) is 0 Å². The highest BCUT2D eigenvalue weighted by Crippen LogP contribution is 2.37. The van der Waals surface area contributed by atoms with Gasteiger partial charge in [0.2, 0.25) is 0 Å². The molecule has 1 N–H and O–H groups in total. The van der Waals surface area contributed by atoms with E-state index in [1.165, 1.54) is 50.0 Å². The van der Waals surface area contributed by atoms with Gasteiger partial charge in [-0.2, -0.15) is 0 Å². The minimum Gasteiger partial charge on any atom is -0.337 e. The third-order valence-electron chi connectivity index (χ3n) is 5.03. The molecule has 3 heterocycles. The van der Waals surface area contributed by atoms with Gasteiger partial charge in [-0.1, -0.05) is 36.8 Å². The number of hydrogen-bond acceptors (Lipinski definition) is 2. The average Bonchev–Trinajstić information content (AvgIpc) is 3.11. The van der Waals surface area contributed by atoms with E-state index < -0.39 is 0 Å². The zero-order valence-electron chi connectivity index (χ0n) is 12.2. The van der Waals surface area contributed by atoms with Gasteiger partial charge in [0.05, 0.1) is 11.7 Å². The maximum atomic E-state index is 5.59. The second-order valence-electron chi connectivity index (χ2n) is 6.17. The number of piperidine rings is 1. The Morgan fingerprint density at radius 3 is 2.71 bits per heavy atom. The van der Waals surface area contributed by atoms with Crippen molar-refractivity contribution in [3.05, 3.63) is 41.3 Å². The Morgan fingerprint density at radius 1 is 1.00 bits per heavy atom. The van der Waals surface area contributed by atoms with E-state index in [2.05, 4.69) is 51.0 Å². The van der Waals surface area contributed by atoms with E-state index >= 15 is 0 Å². The van der Waals surface area contributed by atoms with E-state index in [4.69, 9.17) is 12.2 Å². The van der Waals surface area contributed by atoms with Crippen LogP contribution in [0.15, 0.2) is 36.5 Å². The van der Waals surface area contributed by atoms with Crippen LogP contribution in [0.3, 0.4) is 0 Å². The first-order chi connectivity index (χ1) is 10.3. The first kappa shape index (κ1) is 13.3. The van der Waals surface area contributed by atoms with Crippen LogP contribution in [0.5, 0.6) is 0 Å². The summed E-state index contributed by atoms with van der Waals surface area (Å²) >= 11 is 5.59. The Morgan fingerprint density at radius 2 is 1.86 bits per heavy atom. The molecule has 2 saturated heterocycles. The molecule has 2 aliphatic rings. The van der Waals surface area contributed by atoms with Crippen molar-refractivity contribution in [2.45, 2.75) is 37.8 Å². The molecule has 0 bridgehead atoms. The summed E-state index contributed by atoms with van der Waals surface area (Å²) in [5, 5.41) is 0. The molecule has 2 atom stereocenters. The van der Waals surface area contributed by atoms with E-state index in [0.29, 0.717) is 12.1 Å². The molecule has 1 aromatic heterocycles. The molecule has 1 aromatic carbocycles. The van der Waals surface area contributed by atoms with Gasteiger partial charge in [0, 0.05) is 18.8 Å². The van der Waals surface area contributed by atoms with Crippen LogP contribution in [0.1, 0.15) is 31.7 Å². The van der Waals surface area contributed by atoms with Gasteiger partial charge in [-0.25, -0.2) is 0 Å². The van der Waals surface area contributed by atoms with E-state index in [0.717, 1.165) is 4.77 Å². The molecule has 2 fully saturated rings. The summed E-state index contributed by atoms with van der Waals surface area (Å²) < 4.78 is 3.24. The summed E-state index contributed by atoms with van der Waals surface area (Å²) in [5.74, 6) is 0. The molecule has 0 amide bonds. The number of imidazole rings is 1. The van der Waals surface area contributed by atoms with E-state index in [1.807, 2.05) is 0 Å². The van der Waals surface area contributed by atoms with Crippen molar-refractivity contribution in [2.75, 3.05) is 13.1 Å². The van der Waals surface area contributed by atoms with Crippen molar-refractivity contribution < 1.29 is 0 Å². The molecule has 3 nitrogen and oxygen atoms in total. The van der Waals surface area contributed by atoms with Gasteiger partial charge in [0.1, 0.15) is 0 Å². The van der Waals surface area contributed by atoms with Gasteiger partial charge >= 0.3 is 0 Å². The van der Waals surface area contributed by atoms with Gasteiger partial charge in [0.25, 0.3) is 0 Å². The minimum atomic E-state index is 0.527. The summed E-state index contributed by atoms with van der Waals surface area (Å²) in [7, 11) is 0. The highest BCUT2D eigenvalue weighted by atomic mass is 32.1. The Kier molecular flexibility index (Phi) is 3.43. The van der Waals surface area contributed by atoms with Gasteiger partial charge < -0.3 is 9.55 Å². The maximum absolute atomic E-state index is 5.59. The third kappa shape index (κ3) is 2.27. The Hall–Kier alpha value is -1.39. The Bertz CT molecular complexity index is 673. The predicted molar refractivity (Wildman–Crippen MR) is 87.9 cm³/mol. The Labute approximate surface area is 130 Å². The smallest absolute Gasteiger partial charge is 0.177 e. The van der Waals surface area contributed by atoms with Crippen LogP contribution in [-0.4, -0.2) is 33.6 Å². The molecular weight excluding hydrogens is 278 g/mol. The quantitative estimate of drug-likeness (QED) is 0.847. The molecule has 4 rings (SSSR count). The summed E-state index contributed by atoms with van der Waals surface area (Å²) in [6.07, 6.45) is 7.31. The molecular formula is C17H21N3S. The monoisotopic (exact) mass is 299 g/mol. The fraction of sp³-hybridized carbons (Fsp3) is 0.471. The molecule has 2 aromatic rings. The molecule has 0 spiro atoms. The number of aromatic nitrogens is 2. The van der Waals surface area contributed by atoms with Crippen LogP contribution < -0.4 is 0 Å². The van der Waals surface area contributed by atoms with E-state index in [1.54, 1.807) is 0 Å². The third-order valence-corrected chi connectivity index (χ3v) is 5.35. The standard InChI is InChI=1S/C17H21N3S/c21-17-18-12-16(13-6-2-1-3-7-13)20(17)15-9-11-19-10-5-4-8-14(15)19/h1-3,6-7,12,14-15H,4-5,8-11H2,(H,18,21). The molecule has 4 heteroatoms. The van der Waals surface area contributed by atoms with Crippen LogP contribution in [0, 0.1) is 4.77 Å². The number of rotatable bonds is 2. The average molecular weight is 299 g/mol.